The molecule has 0 aliphatic heterocycles. The Hall–Kier alpha value is -2.37. The van der Waals surface area contributed by atoms with E-state index in [-0.39, 0.29) is 57.4 Å². The molecule has 11 nitrogen and oxygen atoms in total. The molecule has 3 N–H and O–H groups in total. The molecule has 0 amide bonds. The molecule has 0 saturated heterocycles. The van der Waals surface area contributed by atoms with Crippen molar-refractivity contribution < 1.29 is 39.3 Å². The van der Waals surface area contributed by atoms with Gasteiger partial charge in [0.05, 0.1) is 32.7 Å². The molecule has 0 unspecified atom stereocenters. The lowest BCUT2D eigenvalue weighted by molar-refractivity contribution is -0.142. The van der Waals surface area contributed by atoms with Crippen LogP contribution in [0.2, 0.25) is 0 Å². The van der Waals surface area contributed by atoms with Gasteiger partial charge in [0.15, 0.2) is 5.78 Å². The predicted molar refractivity (Wildman–Crippen MR) is 107 cm³/mol. The van der Waals surface area contributed by atoms with E-state index in [4.69, 9.17) is 15.3 Å². The fraction of sp³-hybridized carbons (Fsp3) is 0.737. The van der Waals surface area contributed by atoms with Crippen molar-refractivity contribution in [1.29, 1.82) is 0 Å². The molecule has 0 fully saturated rings. The molecule has 0 radical (unpaired) electrons. The molecule has 0 aromatic rings. The number of carboxylic acid groups (broad SMARTS) is 3. The first-order valence-corrected chi connectivity index (χ1v) is 9.56. The molecule has 0 aliphatic rings. The Morgan fingerprint density at radius 3 is 1.23 bits per heavy atom. The zero-order valence-electron chi connectivity index (χ0n) is 18.1. The Morgan fingerprint density at radius 1 is 0.600 bits per heavy atom. The monoisotopic (exact) mass is 431 g/mol. The second-order valence-electron chi connectivity index (χ2n) is 8.25. The van der Waals surface area contributed by atoms with E-state index in [0.29, 0.717) is 0 Å². The van der Waals surface area contributed by atoms with Crippen molar-refractivity contribution in [2.75, 3.05) is 58.9 Å². The van der Waals surface area contributed by atoms with E-state index >= 15 is 0 Å². The smallest absolute Gasteiger partial charge is 0.317 e. The largest absolute Gasteiger partial charge is 0.480 e. The number of carboxylic acids is 3. The van der Waals surface area contributed by atoms with E-state index < -0.39 is 36.4 Å². The summed E-state index contributed by atoms with van der Waals surface area (Å²) in [6.45, 7) is 6.18. The molecule has 30 heavy (non-hydrogen) atoms. The van der Waals surface area contributed by atoms with E-state index in [0.717, 1.165) is 0 Å². The second kappa shape index (κ2) is 13.0. The van der Waals surface area contributed by atoms with Gasteiger partial charge in [0.25, 0.3) is 0 Å². The van der Waals surface area contributed by atoms with Crippen molar-refractivity contribution in [3.63, 3.8) is 0 Å². The maximum absolute atomic E-state index is 12.5. The van der Waals surface area contributed by atoms with Crippen LogP contribution < -0.4 is 0 Å². The highest BCUT2D eigenvalue weighted by atomic mass is 16.4. The highest BCUT2D eigenvalue weighted by Gasteiger charge is 2.25. The Balaban J connectivity index is 5.21. The minimum atomic E-state index is -1.16. The first kappa shape index (κ1) is 27.6. The third-order valence-corrected chi connectivity index (χ3v) is 4.19. The molecule has 0 aromatic carbocycles. The molecular weight excluding hydrogens is 398 g/mol. The van der Waals surface area contributed by atoms with Gasteiger partial charge in [-0.15, -0.1) is 0 Å². The Labute approximate surface area is 176 Å². The average Bonchev–Trinajstić information content (AvgIpc) is 2.53. The van der Waals surface area contributed by atoms with Gasteiger partial charge in [-0.3, -0.25) is 38.7 Å². The van der Waals surface area contributed by atoms with Gasteiger partial charge in [-0.2, -0.15) is 0 Å². The average molecular weight is 431 g/mol. The van der Waals surface area contributed by atoms with Gasteiger partial charge in [0.1, 0.15) is 5.78 Å². The number of carbonyl (C=O) groups excluding carboxylic acids is 2. The molecule has 0 saturated carbocycles. The SMILES string of the molecule is CC(=O)CN(CCN(CCN(CC(=O)O)CC(=O)O)CC(=O)C(C)(C)C)CC(=O)O. The zero-order valence-corrected chi connectivity index (χ0v) is 18.1. The minimum Gasteiger partial charge on any atom is -0.480 e. The van der Waals surface area contributed by atoms with Crippen molar-refractivity contribution in [1.82, 2.24) is 14.7 Å². The number of aliphatic carboxylic acids is 3. The van der Waals surface area contributed by atoms with Crippen LogP contribution in [0, 0.1) is 5.41 Å². The van der Waals surface area contributed by atoms with E-state index in [9.17, 15) is 24.0 Å². The summed E-state index contributed by atoms with van der Waals surface area (Å²) < 4.78 is 0. The Bertz CT molecular complexity index is 558. The summed E-state index contributed by atoms with van der Waals surface area (Å²) in [6.07, 6.45) is 0. The molecule has 0 spiro atoms. The van der Waals surface area contributed by atoms with Gasteiger partial charge >= 0.3 is 17.9 Å². The van der Waals surface area contributed by atoms with Crippen LogP contribution in [0.5, 0.6) is 0 Å². The fourth-order valence-corrected chi connectivity index (χ4v) is 2.59. The summed E-state index contributed by atoms with van der Waals surface area (Å²) in [5.74, 6) is -3.67. The second-order valence-corrected chi connectivity index (χ2v) is 8.25. The predicted octanol–water partition coefficient (Wildman–Crippen LogP) is -0.650. The van der Waals surface area contributed by atoms with Crippen molar-refractivity contribution >= 4 is 29.5 Å². The van der Waals surface area contributed by atoms with Crippen LogP contribution in [0.3, 0.4) is 0 Å². The van der Waals surface area contributed by atoms with Crippen molar-refractivity contribution in [2.45, 2.75) is 27.7 Å². The van der Waals surface area contributed by atoms with Crippen molar-refractivity contribution in [2.24, 2.45) is 5.41 Å². The van der Waals surface area contributed by atoms with Gasteiger partial charge in [-0.05, 0) is 6.92 Å². The number of hydrogen-bond acceptors (Lipinski definition) is 8. The summed E-state index contributed by atoms with van der Waals surface area (Å²) in [4.78, 5) is 61.2. The molecule has 0 rings (SSSR count). The van der Waals surface area contributed by atoms with Gasteiger partial charge < -0.3 is 15.3 Å². The minimum absolute atomic E-state index is 0.0401. The number of hydrogen-bond donors (Lipinski definition) is 3. The number of ketones is 2. The molecule has 11 heteroatoms. The normalized spacial score (nSPS) is 11.8. The number of carbonyl (C=O) groups is 5. The van der Waals surface area contributed by atoms with E-state index in [1.54, 1.807) is 25.7 Å². The molecule has 0 atom stereocenters. The summed E-state index contributed by atoms with van der Waals surface area (Å²) >= 11 is 0. The van der Waals surface area contributed by atoms with Crippen LogP contribution >= 0.6 is 0 Å². The van der Waals surface area contributed by atoms with Gasteiger partial charge in [0.2, 0.25) is 0 Å². The van der Waals surface area contributed by atoms with Crippen molar-refractivity contribution in [3.05, 3.63) is 0 Å². The van der Waals surface area contributed by atoms with Crippen LogP contribution in [-0.4, -0.2) is 118 Å². The van der Waals surface area contributed by atoms with Crippen LogP contribution in [-0.2, 0) is 24.0 Å². The van der Waals surface area contributed by atoms with Gasteiger partial charge in [-0.25, -0.2) is 0 Å². The third-order valence-electron chi connectivity index (χ3n) is 4.19. The molecule has 0 bridgehead atoms. The summed E-state index contributed by atoms with van der Waals surface area (Å²) in [6, 6.07) is 0. The molecule has 172 valence electrons. The Morgan fingerprint density at radius 2 is 0.933 bits per heavy atom. The maximum atomic E-state index is 12.5. The van der Waals surface area contributed by atoms with E-state index in [2.05, 4.69) is 0 Å². The zero-order chi connectivity index (χ0) is 23.5. The summed E-state index contributed by atoms with van der Waals surface area (Å²) in [5.41, 5.74) is -0.611. The van der Waals surface area contributed by atoms with Crippen LogP contribution in [0.4, 0.5) is 0 Å². The Kier molecular flexibility index (Phi) is 12.0. The first-order valence-electron chi connectivity index (χ1n) is 9.56. The lowest BCUT2D eigenvalue weighted by atomic mass is 9.90. The van der Waals surface area contributed by atoms with E-state index in [1.807, 2.05) is 0 Å². The lowest BCUT2D eigenvalue weighted by Gasteiger charge is -2.30. The molecule has 0 aliphatic carbocycles. The standard InChI is InChI=1S/C19H33N3O8/c1-14(23)9-21(11-16(25)26)7-5-20(10-15(24)19(2,3)4)6-8-22(12-17(27)28)13-18(29)30/h5-13H2,1-4H3,(H,25,26)(H,27,28)(H,29,30). The number of Topliss-reactive ketones (excluding diaryl/α,β-unsaturated/α-hetero) is 2. The molecule has 0 aromatic heterocycles. The maximum Gasteiger partial charge on any atom is 0.317 e. The quantitative estimate of drug-likeness (QED) is 0.285. The molecular formula is C19H33N3O8. The van der Waals surface area contributed by atoms with Gasteiger partial charge in [0, 0.05) is 31.6 Å². The van der Waals surface area contributed by atoms with Crippen molar-refractivity contribution in [3.8, 4) is 0 Å². The number of nitrogens with zero attached hydrogens (tertiary/aromatic N) is 3. The fourth-order valence-electron chi connectivity index (χ4n) is 2.59. The van der Waals surface area contributed by atoms with E-state index in [1.165, 1.54) is 16.7 Å². The van der Waals surface area contributed by atoms with Crippen LogP contribution in [0.15, 0.2) is 0 Å². The summed E-state index contributed by atoms with van der Waals surface area (Å²) in [7, 11) is 0. The van der Waals surface area contributed by atoms with Gasteiger partial charge in [-0.1, -0.05) is 20.8 Å². The highest BCUT2D eigenvalue weighted by molar-refractivity contribution is 5.85. The number of rotatable bonds is 16. The van der Waals surface area contributed by atoms with Crippen LogP contribution in [0.25, 0.3) is 0 Å². The topological polar surface area (TPSA) is 156 Å². The first-order chi connectivity index (χ1) is 13.7. The lowest BCUT2D eigenvalue weighted by Crippen LogP contribution is -2.46. The molecule has 0 heterocycles. The van der Waals surface area contributed by atoms with Crippen LogP contribution in [0.1, 0.15) is 27.7 Å². The summed E-state index contributed by atoms with van der Waals surface area (Å²) in [5, 5.41) is 26.9. The third kappa shape index (κ3) is 13.7. The highest BCUT2D eigenvalue weighted by Crippen LogP contribution is 2.15.